The van der Waals surface area contributed by atoms with Gasteiger partial charge in [0.25, 0.3) is 5.89 Å². The van der Waals surface area contributed by atoms with Crippen molar-refractivity contribution in [3.05, 3.63) is 41.9 Å². The number of anilines is 1. The van der Waals surface area contributed by atoms with E-state index in [1.165, 1.54) is 13.1 Å². The lowest BCUT2D eigenvalue weighted by molar-refractivity contribution is -0.111. The van der Waals surface area contributed by atoms with E-state index in [-0.39, 0.29) is 23.3 Å². The number of hydrogen-bond donors (Lipinski definition) is 1. The number of nitrogens with zero attached hydrogens (tertiary/aromatic N) is 2. The number of nitrogens with one attached hydrogen (secondary N) is 1. The van der Waals surface area contributed by atoms with Gasteiger partial charge in [0.15, 0.2) is 11.5 Å². The molecule has 0 aliphatic rings. The zero-order valence-corrected chi connectivity index (χ0v) is 12.2. The number of aromatic nitrogens is 1. The molecular formula is C15H17N3O3. The number of ketones is 1. The number of hydrazone groups is 1. The van der Waals surface area contributed by atoms with Crippen molar-refractivity contribution in [2.75, 3.05) is 12.0 Å². The molecule has 0 bridgehead atoms. The number of carbonyl (C=O) groups excluding carboxylic acids is 1. The van der Waals surface area contributed by atoms with E-state index in [1.54, 1.807) is 0 Å². The van der Waals surface area contributed by atoms with Crippen molar-refractivity contribution in [2.45, 2.75) is 20.8 Å². The summed E-state index contributed by atoms with van der Waals surface area (Å²) in [5.74, 6) is 0.141. The van der Waals surface area contributed by atoms with Gasteiger partial charge >= 0.3 is 5.95 Å². The second-order valence-electron chi connectivity index (χ2n) is 4.41. The van der Waals surface area contributed by atoms with Gasteiger partial charge in [0.05, 0.1) is 12.3 Å². The Morgan fingerprint density at radius 2 is 2.10 bits per heavy atom. The molecule has 2 aromatic rings. The van der Waals surface area contributed by atoms with Gasteiger partial charge in [-0.2, -0.15) is 5.10 Å². The Bertz CT molecular complexity index is 644. The Balaban J connectivity index is 2.19. The second kappa shape index (κ2) is 6.69. The Hall–Kier alpha value is -2.63. The van der Waals surface area contributed by atoms with Gasteiger partial charge in [-0.05, 0) is 26.0 Å². The van der Waals surface area contributed by atoms with Crippen molar-refractivity contribution in [3.63, 3.8) is 0 Å². The lowest BCUT2D eigenvalue weighted by Gasteiger charge is -2.02. The van der Waals surface area contributed by atoms with E-state index in [1.807, 2.05) is 38.1 Å². The van der Waals surface area contributed by atoms with Gasteiger partial charge in [0, 0.05) is 6.92 Å². The van der Waals surface area contributed by atoms with Crippen LogP contribution in [0.15, 0.2) is 40.0 Å². The van der Waals surface area contributed by atoms with Crippen molar-refractivity contribution in [1.29, 1.82) is 0 Å². The van der Waals surface area contributed by atoms with E-state index in [2.05, 4.69) is 15.5 Å². The molecule has 0 saturated carbocycles. The molecule has 0 radical (unpaired) electrons. The number of aryl methyl sites for hydroxylation is 1. The van der Waals surface area contributed by atoms with E-state index in [0.29, 0.717) is 6.61 Å². The first kappa shape index (κ1) is 14.8. The fraction of sp³-hybridized carbons (Fsp3) is 0.267. The third kappa shape index (κ3) is 3.92. The maximum atomic E-state index is 11.7. The summed E-state index contributed by atoms with van der Waals surface area (Å²) in [5.41, 5.74) is 4.85. The number of benzene rings is 1. The third-order valence-electron chi connectivity index (χ3n) is 2.66. The lowest BCUT2D eigenvalue weighted by atomic mass is 10.2. The Morgan fingerprint density at radius 3 is 2.71 bits per heavy atom. The number of carbonyl (C=O) groups is 1. The number of rotatable bonds is 6. The predicted molar refractivity (Wildman–Crippen MR) is 79.7 cm³/mol. The van der Waals surface area contributed by atoms with E-state index >= 15 is 0 Å². The largest absolute Gasteiger partial charge is 0.464 e. The SMILES string of the molecule is CCOc1cnc(C(=NNc2ccc(C)cc2)C(C)=O)o1. The van der Waals surface area contributed by atoms with Crippen LogP contribution in [0.2, 0.25) is 0 Å². The average Bonchev–Trinajstić information content (AvgIpc) is 2.89. The maximum absolute atomic E-state index is 11.7. The molecule has 0 spiro atoms. The lowest BCUT2D eigenvalue weighted by Crippen LogP contribution is -2.14. The molecule has 0 fully saturated rings. The summed E-state index contributed by atoms with van der Waals surface area (Å²) < 4.78 is 10.5. The summed E-state index contributed by atoms with van der Waals surface area (Å²) >= 11 is 0. The fourth-order valence-electron chi connectivity index (χ4n) is 1.60. The molecule has 110 valence electrons. The third-order valence-corrected chi connectivity index (χ3v) is 2.66. The predicted octanol–water partition coefficient (Wildman–Crippen LogP) is 2.79. The molecule has 6 heteroatoms. The molecule has 0 atom stereocenters. The van der Waals surface area contributed by atoms with Crippen molar-refractivity contribution in [1.82, 2.24) is 4.98 Å². The second-order valence-corrected chi connectivity index (χ2v) is 4.41. The molecule has 6 nitrogen and oxygen atoms in total. The van der Waals surface area contributed by atoms with Crippen molar-refractivity contribution >= 4 is 17.2 Å². The van der Waals surface area contributed by atoms with Crippen LogP contribution in [0, 0.1) is 6.92 Å². The van der Waals surface area contributed by atoms with Crippen molar-refractivity contribution in [3.8, 4) is 5.95 Å². The van der Waals surface area contributed by atoms with Crippen molar-refractivity contribution in [2.24, 2.45) is 5.10 Å². The molecule has 0 aliphatic carbocycles. The normalized spacial score (nSPS) is 11.3. The average molecular weight is 287 g/mol. The molecule has 0 amide bonds. The highest BCUT2D eigenvalue weighted by molar-refractivity contribution is 6.44. The number of ether oxygens (including phenoxy) is 1. The van der Waals surface area contributed by atoms with Crippen LogP contribution in [0.4, 0.5) is 5.69 Å². The fourth-order valence-corrected chi connectivity index (χ4v) is 1.60. The summed E-state index contributed by atoms with van der Waals surface area (Å²) in [7, 11) is 0. The van der Waals surface area contributed by atoms with E-state index in [9.17, 15) is 4.79 Å². The van der Waals surface area contributed by atoms with Gasteiger partial charge in [-0.1, -0.05) is 17.7 Å². The maximum Gasteiger partial charge on any atom is 0.305 e. The van der Waals surface area contributed by atoms with Crippen LogP contribution in [-0.2, 0) is 4.79 Å². The minimum atomic E-state index is -0.250. The minimum Gasteiger partial charge on any atom is -0.464 e. The summed E-state index contributed by atoms with van der Waals surface area (Å²) in [6, 6.07) is 7.64. The molecular weight excluding hydrogens is 270 g/mol. The highest BCUT2D eigenvalue weighted by atomic mass is 16.6. The molecule has 0 aliphatic heterocycles. The van der Waals surface area contributed by atoms with Crippen LogP contribution in [0.1, 0.15) is 25.3 Å². The number of Topliss-reactive ketones (excluding diaryl/α,β-unsaturated/α-hetero) is 1. The van der Waals surface area contributed by atoms with Crippen LogP contribution < -0.4 is 10.2 Å². The smallest absolute Gasteiger partial charge is 0.305 e. The Morgan fingerprint density at radius 1 is 1.38 bits per heavy atom. The van der Waals surface area contributed by atoms with Gasteiger partial charge in [-0.25, -0.2) is 4.98 Å². The van der Waals surface area contributed by atoms with Gasteiger partial charge in [0.1, 0.15) is 6.20 Å². The van der Waals surface area contributed by atoms with Crippen LogP contribution in [-0.4, -0.2) is 23.1 Å². The van der Waals surface area contributed by atoms with Crippen LogP contribution >= 0.6 is 0 Å². The summed E-state index contributed by atoms with van der Waals surface area (Å²) in [5, 5.41) is 4.07. The molecule has 21 heavy (non-hydrogen) atoms. The van der Waals surface area contributed by atoms with Gasteiger partial charge in [-0.15, -0.1) is 0 Å². The molecule has 1 N–H and O–H groups in total. The first-order valence-corrected chi connectivity index (χ1v) is 6.60. The quantitative estimate of drug-likeness (QED) is 0.653. The molecule has 1 aromatic heterocycles. The standard InChI is InChI=1S/C15H17N3O3/c1-4-20-13-9-16-15(21-13)14(11(3)19)18-17-12-7-5-10(2)6-8-12/h5-9,17H,4H2,1-3H3. The monoisotopic (exact) mass is 287 g/mol. The summed E-state index contributed by atoms with van der Waals surface area (Å²) in [6.07, 6.45) is 1.42. The highest BCUT2D eigenvalue weighted by Gasteiger charge is 2.16. The minimum absolute atomic E-state index is 0.113. The molecule has 0 saturated heterocycles. The zero-order valence-electron chi connectivity index (χ0n) is 12.2. The first-order valence-electron chi connectivity index (χ1n) is 6.60. The first-order chi connectivity index (χ1) is 10.1. The molecule has 1 aromatic carbocycles. The Labute approximate surface area is 122 Å². The van der Waals surface area contributed by atoms with Gasteiger partial charge in [-0.3, -0.25) is 10.2 Å². The van der Waals surface area contributed by atoms with E-state index < -0.39 is 0 Å². The summed E-state index contributed by atoms with van der Waals surface area (Å²) in [6.45, 7) is 5.69. The zero-order chi connectivity index (χ0) is 15.2. The van der Waals surface area contributed by atoms with Crippen molar-refractivity contribution < 1.29 is 13.9 Å². The van der Waals surface area contributed by atoms with E-state index in [4.69, 9.17) is 9.15 Å². The molecule has 1 heterocycles. The highest BCUT2D eigenvalue weighted by Crippen LogP contribution is 2.14. The Kier molecular flexibility index (Phi) is 4.71. The number of oxazole rings is 1. The van der Waals surface area contributed by atoms with E-state index in [0.717, 1.165) is 11.3 Å². The number of hydrogen-bond acceptors (Lipinski definition) is 6. The summed E-state index contributed by atoms with van der Waals surface area (Å²) in [4.78, 5) is 15.7. The molecule has 2 rings (SSSR count). The molecule has 0 unspecified atom stereocenters. The van der Waals surface area contributed by atoms with Crippen LogP contribution in [0.5, 0.6) is 5.95 Å². The topological polar surface area (TPSA) is 76.7 Å². The van der Waals surface area contributed by atoms with Crippen LogP contribution in [0.3, 0.4) is 0 Å². The van der Waals surface area contributed by atoms with Crippen LogP contribution in [0.25, 0.3) is 0 Å². The van der Waals surface area contributed by atoms with Gasteiger partial charge < -0.3 is 9.15 Å². The van der Waals surface area contributed by atoms with Gasteiger partial charge in [0.2, 0.25) is 0 Å².